The van der Waals surface area contributed by atoms with Crippen molar-refractivity contribution in [2.24, 2.45) is 0 Å². The highest BCUT2D eigenvalue weighted by Crippen LogP contribution is 2.25. The van der Waals surface area contributed by atoms with Gasteiger partial charge in [-0.25, -0.2) is 0 Å². The molecule has 3 rings (SSSR count). The van der Waals surface area contributed by atoms with E-state index >= 15 is 0 Å². The van der Waals surface area contributed by atoms with Gasteiger partial charge < -0.3 is 14.2 Å². The number of amides is 2. The molecule has 0 saturated carbocycles. The summed E-state index contributed by atoms with van der Waals surface area (Å²) in [4.78, 5) is 24.6. The van der Waals surface area contributed by atoms with Gasteiger partial charge in [0.1, 0.15) is 30.5 Å². The minimum atomic E-state index is -0.513. The molecule has 0 unspecified atom stereocenters. The largest absolute Gasteiger partial charge is 0.490 e. The van der Waals surface area contributed by atoms with Gasteiger partial charge >= 0.3 is 0 Å². The van der Waals surface area contributed by atoms with Crippen LogP contribution in [0.5, 0.6) is 17.2 Å². The van der Waals surface area contributed by atoms with E-state index in [4.69, 9.17) is 25.8 Å². The summed E-state index contributed by atoms with van der Waals surface area (Å²) in [6, 6.07) is 19.6. The fraction of sp³-hybridized carbons (Fsp3) is 0.200. The smallest absolute Gasteiger partial charge is 0.276 e. The number of hydrazine groups is 1. The van der Waals surface area contributed by atoms with Crippen LogP contribution in [0.3, 0.4) is 0 Å². The van der Waals surface area contributed by atoms with Crippen molar-refractivity contribution >= 4 is 23.4 Å². The van der Waals surface area contributed by atoms with Crippen molar-refractivity contribution in [3.05, 3.63) is 88.4 Å². The van der Waals surface area contributed by atoms with Crippen LogP contribution in [0.15, 0.2) is 66.7 Å². The third-order valence-electron chi connectivity index (χ3n) is 4.58. The molecule has 0 spiro atoms. The van der Waals surface area contributed by atoms with Gasteiger partial charge in [-0.1, -0.05) is 41.9 Å². The molecule has 0 heterocycles. The van der Waals surface area contributed by atoms with E-state index in [1.165, 1.54) is 0 Å². The zero-order valence-electron chi connectivity index (χ0n) is 18.4. The van der Waals surface area contributed by atoms with Gasteiger partial charge in [0.05, 0.1) is 5.56 Å². The van der Waals surface area contributed by atoms with Crippen molar-refractivity contribution in [3.63, 3.8) is 0 Å². The van der Waals surface area contributed by atoms with Gasteiger partial charge in [0.25, 0.3) is 11.8 Å². The van der Waals surface area contributed by atoms with E-state index in [2.05, 4.69) is 10.9 Å². The quantitative estimate of drug-likeness (QED) is 0.362. The van der Waals surface area contributed by atoms with E-state index in [9.17, 15) is 9.59 Å². The van der Waals surface area contributed by atoms with Crippen molar-refractivity contribution in [1.29, 1.82) is 0 Å². The fourth-order valence-corrected chi connectivity index (χ4v) is 3.09. The van der Waals surface area contributed by atoms with Crippen LogP contribution in [0.25, 0.3) is 0 Å². The predicted molar refractivity (Wildman–Crippen MR) is 126 cm³/mol. The standard InChI is InChI=1S/C25H25ClN2O5/c1-17-14-20(15-18(2)24(17)26)33-16-23(29)27-28-25(30)21-10-6-7-11-22(21)32-13-12-31-19-8-4-3-5-9-19/h3-11,14-15H,12-13,16H2,1-2H3,(H,27,29)(H,28,30). The molecule has 0 aliphatic heterocycles. The van der Waals surface area contributed by atoms with Crippen molar-refractivity contribution in [2.75, 3.05) is 19.8 Å². The van der Waals surface area contributed by atoms with Gasteiger partial charge in [-0.3, -0.25) is 20.4 Å². The lowest BCUT2D eigenvalue weighted by Gasteiger charge is -2.13. The second-order valence-corrected chi connectivity index (χ2v) is 7.55. The Morgan fingerprint density at radius 3 is 2.15 bits per heavy atom. The average Bonchev–Trinajstić information content (AvgIpc) is 2.83. The molecule has 0 aliphatic carbocycles. The molecule has 33 heavy (non-hydrogen) atoms. The summed E-state index contributed by atoms with van der Waals surface area (Å²) in [5.74, 6) is 0.613. The Balaban J connectivity index is 1.46. The maximum Gasteiger partial charge on any atom is 0.276 e. The highest BCUT2D eigenvalue weighted by atomic mass is 35.5. The first kappa shape index (κ1) is 23.9. The van der Waals surface area contributed by atoms with Gasteiger partial charge in [0.15, 0.2) is 6.61 Å². The fourth-order valence-electron chi connectivity index (χ4n) is 2.98. The van der Waals surface area contributed by atoms with Crippen LogP contribution in [0, 0.1) is 13.8 Å². The third kappa shape index (κ3) is 7.15. The summed E-state index contributed by atoms with van der Waals surface area (Å²) in [5.41, 5.74) is 6.70. The van der Waals surface area contributed by atoms with Crippen LogP contribution in [0.4, 0.5) is 0 Å². The molecule has 0 atom stereocenters. The molecule has 0 radical (unpaired) electrons. The van der Waals surface area contributed by atoms with Gasteiger partial charge in [-0.2, -0.15) is 0 Å². The number of carbonyl (C=O) groups is 2. The number of halogens is 1. The number of benzene rings is 3. The van der Waals surface area contributed by atoms with Gasteiger partial charge in [-0.15, -0.1) is 0 Å². The van der Waals surface area contributed by atoms with E-state index < -0.39 is 11.8 Å². The van der Waals surface area contributed by atoms with Crippen LogP contribution in [0.2, 0.25) is 5.02 Å². The van der Waals surface area contributed by atoms with Gasteiger partial charge in [0.2, 0.25) is 0 Å². The van der Waals surface area contributed by atoms with Crippen LogP contribution < -0.4 is 25.1 Å². The van der Waals surface area contributed by atoms with Crippen molar-refractivity contribution in [1.82, 2.24) is 10.9 Å². The number of para-hydroxylation sites is 2. The SMILES string of the molecule is Cc1cc(OCC(=O)NNC(=O)c2ccccc2OCCOc2ccccc2)cc(C)c1Cl. The molecule has 2 amide bonds. The van der Waals surface area contributed by atoms with Crippen LogP contribution in [-0.4, -0.2) is 31.6 Å². The summed E-state index contributed by atoms with van der Waals surface area (Å²) in [5, 5.41) is 0.659. The minimum Gasteiger partial charge on any atom is -0.490 e. The molecule has 0 fully saturated rings. The second kappa shape index (κ2) is 11.8. The summed E-state index contributed by atoms with van der Waals surface area (Å²) in [6.07, 6.45) is 0. The van der Waals surface area contributed by atoms with Gasteiger partial charge in [0, 0.05) is 5.02 Å². The molecule has 0 bridgehead atoms. The Labute approximate surface area is 197 Å². The first-order valence-electron chi connectivity index (χ1n) is 10.3. The summed E-state index contributed by atoms with van der Waals surface area (Å²) >= 11 is 6.14. The molecule has 3 aromatic carbocycles. The topological polar surface area (TPSA) is 85.9 Å². The molecule has 7 nitrogen and oxygen atoms in total. The number of hydrogen-bond donors (Lipinski definition) is 2. The highest BCUT2D eigenvalue weighted by Gasteiger charge is 2.13. The zero-order chi connectivity index (χ0) is 23.6. The molecule has 0 aliphatic rings. The van der Waals surface area contributed by atoms with Crippen molar-refractivity contribution in [3.8, 4) is 17.2 Å². The Morgan fingerprint density at radius 2 is 1.42 bits per heavy atom. The lowest BCUT2D eigenvalue weighted by molar-refractivity contribution is -0.123. The zero-order valence-corrected chi connectivity index (χ0v) is 19.1. The van der Waals surface area contributed by atoms with Crippen molar-refractivity contribution < 1.29 is 23.8 Å². The normalized spacial score (nSPS) is 10.3. The van der Waals surface area contributed by atoms with E-state index in [1.54, 1.807) is 36.4 Å². The van der Waals surface area contributed by atoms with E-state index in [-0.39, 0.29) is 18.8 Å². The summed E-state index contributed by atoms with van der Waals surface area (Å²) in [6.45, 7) is 4.01. The van der Waals surface area contributed by atoms with E-state index in [1.807, 2.05) is 44.2 Å². The first-order chi connectivity index (χ1) is 15.9. The molecule has 8 heteroatoms. The molecular formula is C25H25ClN2O5. The van der Waals surface area contributed by atoms with Crippen LogP contribution in [-0.2, 0) is 4.79 Å². The number of rotatable bonds is 9. The lowest BCUT2D eigenvalue weighted by atomic mass is 10.1. The predicted octanol–water partition coefficient (Wildman–Crippen LogP) is 4.25. The van der Waals surface area contributed by atoms with Crippen molar-refractivity contribution in [2.45, 2.75) is 13.8 Å². The third-order valence-corrected chi connectivity index (χ3v) is 5.18. The second-order valence-electron chi connectivity index (χ2n) is 7.17. The van der Waals surface area contributed by atoms with Gasteiger partial charge in [-0.05, 0) is 61.4 Å². The molecule has 3 aromatic rings. The molecule has 0 saturated heterocycles. The van der Waals surface area contributed by atoms with Crippen LogP contribution >= 0.6 is 11.6 Å². The molecule has 172 valence electrons. The first-order valence-corrected chi connectivity index (χ1v) is 10.7. The Morgan fingerprint density at radius 1 is 0.788 bits per heavy atom. The number of ether oxygens (including phenoxy) is 3. The number of aryl methyl sites for hydroxylation is 2. The number of hydrogen-bond acceptors (Lipinski definition) is 5. The average molecular weight is 469 g/mol. The lowest BCUT2D eigenvalue weighted by Crippen LogP contribution is -2.44. The number of nitrogens with one attached hydrogen (secondary N) is 2. The Kier molecular flexibility index (Phi) is 8.55. The van der Waals surface area contributed by atoms with Crippen LogP contribution in [0.1, 0.15) is 21.5 Å². The Bertz CT molecular complexity index is 1080. The molecular weight excluding hydrogens is 444 g/mol. The monoisotopic (exact) mass is 468 g/mol. The highest BCUT2D eigenvalue weighted by molar-refractivity contribution is 6.32. The number of carbonyl (C=O) groups excluding carboxylic acids is 2. The maximum atomic E-state index is 12.5. The minimum absolute atomic E-state index is 0.249. The Hall–Kier alpha value is -3.71. The molecule has 0 aromatic heterocycles. The maximum absolute atomic E-state index is 12.5. The summed E-state index contributed by atoms with van der Waals surface area (Å²) < 4.78 is 16.8. The van der Waals surface area contributed by atoms with E-state index in [0.29, 0.717) is 23.1 Å². The molecule has 2 N–H and O–H groups in total. The van der Waals surface area contributed by atoms with E-state index in [0.717, 1.165) is 16.9 Å². The summed E-state index contributed by atoms with van der Waals surface area (Å²) in [7, 11) is 0.